The third-order valence-corrected chi connectivity index (χ3v) is 0.886. The zero-order valence-electron chi connectivity index (χ0n) is 5.72. The molecule has 0 radical (unpaired) electrons. The normalized spacial score (nSPS) is 12.6. The van der Waals surface area contributed by atoms with Crippen molar-refractivity contribution in [2.75, 3.05) is 13.1 Å². The second-order valence-electron chi connectivity index (χ2n) is 2.01. The molecule has 0 rings (SSSR count). The topological polar surface area (TPSA) is 32.3 Å². The number of hydrogen-bond donors (Lipinski definition) is 2. The Morgan fingerprint density at radius 1 is 1.78 bits per heavy atom. The van der Waals surface area contributed by atoms with E-state index in [9.17, 15) is 0 Å². The number of hydrogen-bond acceptors (Lipinski definition) is 2. The molecule has 9 heavy (non-hydrogen) atoms. The van der Waals surface area contributed by atoms with Gasteiger partial charge in [0.15, 0.2) is 0 Å². The van der Waals surface area contributed by atoms with Crippen molar-refractivity contribution in [2.45, 2.75) is 19.4 Å². The molecule has 0 fully saturated rings. The molecule has 0 saturated carbocycles. The first-order chi connectivity index (χ1) is 4.27. The molecule has 2 N–H and O–H groups in total. The van der Waals surface area contributed by atoms with E-state index in [0.717, 1.165) is 13.0 Å². The third kappa shape index (κ3) is 7.48. The number of rotatable bonds is 4. The average Bonchev–Trinajstić information content (AvgIpc) is 1.80. The number of nitrogens with one attached hydrogen (secondary N) is 1. The lowest BCUT2D eigenvalue weighted by Crippen LogP contribution is -2.24. The fourth-order valence-electron chi connectivity index (χ4n) is 0.472. The maximum atomic E-state index is 8.74. The van der Waals surface area contributed by atoms with Crippen molar-refractivity contribution in [3.05, 3.63) is 0 Å². The molecular weight excluding hydrogens is 114 g/mol. The zero-order chi connectivity index (χ0) is 7.11. The number of terminal acetylenes is 1. The standard InChI is InChI=1S/C7H13NO/c1-3-4-5-8-6-7(2)9/h1,7-9H,4-6H2,2H3/t7-/m1/s1. The highest BCUT2D eigenvalue weighted by atomic mass is 16.3. The van der Waals surface area contributed by atoms with Crippen molar-refractivity contribution in [3.8, 4) is 12.3 Å². The summed E-state index contributed by atoms with van der Waals surface area (Å²) in [4.78, 5) is 0. The first-order valence-electron chi connectivity index (χ1n) is 3.09. The Labute approximate surface area is 56.3 Å². The van der Waals surface area contributed by atoms with Crippen molar-refractivity contribution >= 4 is 0 Å². The van der Waals surface area contributed by atoms with E-state index >= 15 is 0 Å². The third-order valence-electron chi connectivity index (χ3n) is 0.886. The van der Waals surface area contributed by atoms with Crippen LogP contribution in [0.25, 0.3) is 0 Å². The number of aliphatic hydroxyl groups excluding tert-OH is 1. The minimum absolute atomic E-state index is 0.275. The van der Waals surface area contributed by atoms with Crippen LogP contribution in [0.3, 0.4) is 0 Å². The lowest BCUT2D eigenvalue weighted by Gasteiger charge is -2.03. The second kappa shape index (κ2) is 5.61. The molecule has 0 amide bonds. The van der Waals surface area contributed by atoms with Crippen LogP contribution in [0.2, 0.25) is 0 Å². The average molecular weight is 127 g/mol. The molecule has 0 aromatic rings. The zero-order valence-corrected chi connectivity index (χ0v) is 5.72. The molecular formula is C7H13NO. The summed E-state index contributed by atoms with van der Waals surface area (Å²) in [7, 11) is 0. The van der Waals surface area contributed by atoms with Gasteiger partial charge in [0.05, 0.1) is 6.10 Å². The Balaban J connectivity index is 2.85. The molecule has 0 spiro atoms. The van der Waals surface area contributed by atoms with Crippen LogP contribution in [0.1, 0.15) is 13.3 Å². The smallest absolute Gasteiger partial charge is 0.0636 e. The van der Waals surface area contributed by atoms with Gasteiger partial charge in [-0.1, -0.05) is 0 Å². The van der Waals surface area contributed by atoms with Crippen LogP contribution >= 0.6 is 0 Å². The minimum atomic E-state index is -0.275. The van der Waals surface area contributed by atoms with E-state index in [4.69, 9.17) is 11.5 Å². The van der Waals surface area contributed by atoms with Gasteiger partial charge in [0.25, 0.3) is 0 Å². The van der Waals surface area contributed by atoms with Crippen molar-refractivity contribution in [2.24, 2.45) is 0 Å². The van der Waals surface area contributed by atoms with E-state index in [1.54, 1.807) is 6.92 Å². The largest absolute Gasteiger partial charge is 0.392 e. The van der Waals surface area contributed by atoms with Gasteiger partial charge < -0.3 is 10.4 Å². The molecule has 0 aliphatic carbocycles. The van der Waals surface area contributed by atoms with Gasteiger partial charge in [-0.15, -0.1) is 12.3 Å². The van der Waals surface area contributed by atoms with Crippen molar-refractivity contribution in [3.63, 3.8) is 0 Å². The molecule has 0 aliphatic rings. The highest BCUT2D eigenvalue weighted by molar-refractivity contribution is 4.84. The van der Waals surface area contributed by atoms with Crippen molar-refractivity contribution in [1.29, 1.82) is 0 Å². The van der Waals surface area contributed by atoms with E-state index in [2.05, 4.69) is 11.2 Å². The maximum absolute atomic E-state index is 8.74. The summed E-state index contributed by atoms with van der Waals surface area (Å²) >= 11 is 0. The quantitative estimate of drug-likeness (QED) is 0.411. The Bertz CT molecular complexity index is 93.6. The number of aliphatic hydroxyl groups is 1. The molecule has 52 valence electrons. The van der Waals surface area contributed by atoms with E-state index in [0.29, 0.717) is 6.54 Å². The Morgan fingerprint density at radius 3 is 2.89 bits per heavy atom. The van der Waals surface area contributed by atoms with Crippen LogP contribution < -0.4 is 5.32 Å². The van der Waals surface area contributed by atoms with Crippen LogP contribution in [0.15, 0.2) is 0 Å². The SMILES string of the molecule is C#CCCNC[C@@H](C)O. The van der Waals surface area contributed by atoms with Crippen LogP contribution in [-0.2, 0) is 0 Å². The lowest BCUT2D eigenvalue weighted by molar-refractivity contribution is 0.192. The van der Waals surface area contributed by atoms with E-state index in [-0.39, 0.29) is 6.10 Å². The van der Waals surface area contributed by atoms with Crippen LogP contribution in [0.4, 0.5) is 0 Å². The fourth-order valence-corrected chi connectivity index (χ4v) is 0.472. The highest BCUT2D eigenvalue weighted by Crippen LogP contribution is 1.75. The molecule has 0 bridgehead atoms. The summed E-state index contributed by atoms with van der Waals surface area (Å²) in [6.07, 6.45) is 5.45. The van der Waals surface area contributed by atoms with Gasteiger partial charge in [-0.05, 0) is 6.92 Å². The fraction of sp³-hybridized carbons (Fsp3) is 0.714. The summed E-state index contributed by atoms with van der Waals surface area (Å²) in [6, 6.07) is 0. The molecule has 0 saturated heterocycles. The summed E-state index contributed by atoms with van der Waals surface area (Å²) in [5.41, 5.74) is 0. The van der Waals surface area contributed by atoms with Gasteiger partial charge in [-0.25, -0.2) is 0 Å². The molecule has 2 heteroatoms. The molecule has 0 heterocycles. The molecule has 2 nitrogen and oxygen atoms in total. The van der Waals surface area contributed by atoms with E-state index in [1.165, 1.54) is 0 Å². The van der Waals surface area contributed by atoms with Crippen LogP contribution in [0.5, 0.6) is 0 Å². The highest BCUT2D eigenvalue weighted by Gasteiger charge is 1.90. The Morgan fingerprint density at radius 2 is 2.44 bits per heavy atom. The Hall–Kier alpha value is -0.520. The van der Waals surface area contributed by atoms with Gasteiger partial charge in [0.2, 0.25) is 0 Å². The van der Waals surface area contributed by atoms with Gasteiger partial charge in [-0.2, -0.15) is 0 Å². The monoisotopic (exact) mass is 127 g/mol. The van der Waals surface area contributed by atoms with E-state index in [1.807, 2.05) is 0 Å². The Kier molecular flexibility index (Phi) is 5.29. The first-order valence-corrected chi connectivity index (χ1v) is 3.09. The van der Waals surface area contributed by atoms with Gasteiger partial charge in [0, 0.05) is 19.5 Å². The molecule has 0 unspecified atom stereocenters. The van der Waals surface area contributed by atoms with Crippen LogP contribution in [-0.4, -0.2) is 24.3 Å². The van der Waals surface area contributed by atoms with Gasteiger partial charge >= 0.3 is 0 Å². The summed E-state index contributed by atoms with van der Waals surface area (Å²) in [6.45, 7) is 3.16. The molecule has 0 aliphatic heterocycles. The molecule has 0 aromatic heterocycles. The van der Waals surface area contributed by atoms with Gasteiger partial charge in [0.1, 0.15) is 0 Å². The maximum Gasteiger partial charge on any atom is 0.0636 e. The summed E-state index contributed by atoms with van der Waals surface area (Å²) in [5.74, 6) is 2.50. The second-order valence-corrected chi connectivity index (χ2v) is 2.01. The van der Waals surface area contributed by atoms with Gasteiger partial charge in [-0.3, -0.25) is 0 Å². The minimum Gasteiger partial charge on any atom is -0.392 e. The predicted molar refractivity (Wildman–Crippen MR) is 38.0 cm³/mol. The predicted octanol–water partition coefficient (Wildman–Crippen LogP) is -0.0199. The van der Waals surface area contributed by atoms with Crippen molar-refractivity contribution in [1.82, 2.24) is 5.32 Å². The molecule has 1 atom stereocenters. The summed E-state index contributed by atoms with van der Waals surface area (Å²) in [5, 5.41) is 11.7. The summed E-state index contributed by atoms with van der Waals surface area (Å²) < 4.78 is 0. The lowest BCUT2D eigenvalue weighted by atomic mass is 10.4. The first kappa shape index (κ1) is 8.48. The van der Waals surface area contributed by atoms with Crippen molar-refractivity contribution < 1.29 is 5.11 Å². The van der Waals surface area contributed by atoms with Crippen LogP contribution in [0, 0.1) is 12.3 Å². The van der Waals surface area contributed by atoms with E-state index < -0.39 is 0 Å². The molecule has 0 aromatic carbocycles.